The van der Waals surface area contributed by atoms with Crippen LogP contribution < -0.4 is 10.1 Å². The lowest BCUT2D eigenvalue weighted by Gasteiger charge is -2.15. The maximum absolute atomic E-state index is 10.7. The fourth-order valence-corrected chi connectivity index (χ4v) is 4.75. The zero-order valence-corrected chi connectivity index (χ0v) is 20.6. The van der Waals surface area contributed by atoms with Gasteiger partial charge in [0.05, 0.1) is 11.7 Å². The van der Waals surface area contributed by atoms with Crippen molar-refractivity contribution in [2.45, 2.75) is 45.4 Å². The van der Waals surface area contributed by atoms with Gasteiger partial charge in [0.25, 0.3) is 0 Å². The maximum atomic E-state index is 10.7. The summed E-state index contributed by atoms with van der Waals surface area (Å²) in [6, 6.07) is 26.6. The first-order valence-electron chi connectivity index (χ1n) is 11.9. The highest BCUT2D eigenvalue weighted by atomic mass is 32.1. The molecule has 4 rings (SSSR count). The molecule has 0 aliphatic rings. The number of carbonyl (C=O) groups is 1. The Hall–Kier alpha value is -3.48. The molecule has 5 nitrogen and oxygen atoms in total. The van der Waals surface area contributed by atoms with Gasteiger partial charge in [-0.15, -0.1) is 11.3 Å². The molecule has 0 saturated heterocycles. The Morgan fingerprint density at radius 2 is 1.66 bits per heavy atom. The number of benzene rings is 3. The van der Waals surface area contributed by atoms with Gasteiger partial charge in [0, 0.05) is 23.9 Å². The molecule has 180 valence electrons. The van der Waals surface area contributed by atoms with Gasteiger partial charge in [-0.2, -0.15) is 0 Å². The Labute approximate surface area is 210 Å². The van der Waals surface area contributed by atoms with E-state index in [1.165, 1.54) is 5.56 Å². The molecule has 0 aliphatic heterocycles. The molecule has 0 spiro atoms. The molecule has 2 N–H and O–H groups in total. The van der Waals surface area contributed by atoms with Crippen LogP contribution in [-0.4, -0.2) is 16.1 Å². The monoisotopic (exact) mass is 486 g/mol. The molecule has 4 aromatic rings. The number of carboxylic acid groups (broad SMARTS) is 1. The molecule has 1 unspecified atom stereocenters. The first kappa shape index (κ1) is 24.6. The summed E-state index contributed by atoms with van der Waals surface area (Å²) in [5, 5.41) is 15.7. The number of nitrogens with zero attached hydrogens (tertiary/aromatic N) is 1. The van der Waals surface area contributed by atoms with E-state index in [0.29, 0.717) is 13.0 Å². The minimum absolute atomic E-state index is 0.138. The van der Waals surface area contributed by atoms with Crippen molar-refractivity contribution < 1.29 is 14.6 Å². The van der Waals surface area contributed by atoms with Crippen molar-refractivity contribution in [3.05, 3.63) is 106 Å². The SMILES string of the molecule is CCC(NCc1ccc(COc2ccc(CCC(=O)O)cc2)cc1)c1nc(-c2ccccc2)cs1. The second-order valence-corrected chi connectivity index (χ2v) is 9.31. The normalized spacial score (nSPS) is 11.8. The summed E-state index contributed by atoms with van der Waals surface area (Å²) in [7, 11) is 0. The molecular formula is C29H30N2O3S. The molecule has 0 aliphatic carbocycles. The molecule has 35 heavy (non-hydrogen) atoms. The van der Waals surface area contributed by atoms with Gasteiger partial charge >= 0.3 is 5.97 Å². The van der Waals surface area contributed by atoms with Gasteiger partial charge in [0.1, 0.15) is 17.4 Å². The van der Waals surface area contributed by atoms with Gasteiger partial charge in [-0.05, 0) is 41.7 Å². The molecule has 1 aromatic heterocycles. The van der Waals surface area contributed by atoms with E-state index in [1.54, 1.807) is 11.3 Å². The van der Waals surface area contributed by atoms with Crippen LogP contribution in [0.25, 0.3) is 11.3 Å². The molecule has 0 amide bonds. The topological polar surface area (TPSA) is 71.5 Å². The second-order valence-electron chi connectivity index (χ2n) is 8.42. The molecule has 1 atom stereocenters. The number of carboxylic acids is 1. The molecule has 0 saturated carbocycles. The third-order valence-electron chi connectivity index (χ3n) is 5.83. The van der Waals surface area contributed by atoms with Crippen LogP contribution in [0.2, 0.25) is 0 Å². The first-order valence-corrected chi connectivity index (χ1v) is 12.7. The Morgan fingerprint density at radius 1 is 0.971 bits per heavy atom. The molecule has 0 bridgehead atoms. The van der Waals surface area contributed by atoms with E-state index in [-0.39, 0.29) is 12.5 Å². The van der Waals surface area contributed by atoms with Gasteiger partial charge < -0.3 is 15.2 Å². The largest absolute Gasteiger partial charge is 0.489 e. The third kappa shape index (κ3) is 7.25. The van der Waals surface area contributed by atoms with Crippen LogP contribution in [-0.2, 0) is 24.4 Å². The zero-order valence-electron chi connectivity index (χ0n) is 19.8. The van der Waals surface area contributed by atoms with Crippen molar-refractivity contribution in [1.82, 2.24) is 10.3 Å². The molecule has 1 heterocycles. The summed E-state index contributed by atoms with van der Waals surface area (Å²) in [6.45, 7) is 3.44. The average molecular weight is 487 g/mol. The fraction of sp³-hybridized carbons (Fsp3) is 0.241. The van der Waals surface area contributed by atoms with Crippen molar-refractivity contribution in [2.75, 3.05) is 0 Å². The van der Waals surface area contributed by atoms with Crippen molar-refractivity contribution in [2.24, 2.45) is 0 Å². The van der Waals surface area contributed by atoms with E-state index >= 15 is 0 Å². The van der Waals surface area contributed by atoms with Crippen molar-refractivity contribution in [1.29, 1.82) is 0 Å². The van der Waals surface area contributed by atoms with E-state index in [4.69, 9.17) is 14.8 Å². The lowest BCUT2D eigenvalue weighted by molar-refractivity contribution is -0.136. The highest BCUT2D eigenvalue weighted by molar-refractivity contribution is 7.10. The number of hydrogen-bond donors (Lipinski definition) is 2. The molecular weight excluding hydrogens is 456 g/mol. The molecule has 3 aromatic carbocycles. The van der Waals surface area contributed by atoms with Gasteiger partial charge in [-0.1, -0.05) is 73.7 Å². The lowest BCUT2D eigenvalue weighted by Crippen LogP contribution is -2.20. The molecule has 0 fully saturated rings. The van der Waals surface area contributed by atoms with Crippen molar-refractivity contribution >= 4 is 17.3 Å². The third-order valence-corrected chi connectivity index (χ3v) is 6.79. The van der Waals surface area contributed by atoms with Gasteiger partial charge in [-0.25, -0.2) is 4.98 Å². The van der Waals surface area contributed by atoms with Crippen molar-refractivity contribution in [3.63, 3.8) is 0 Å². The van der Waals surface area contributed by atoms with Gasteiger partial charge in [0.2, 0.25) is 0 Å². The van der Waals surface area contributed by atoms with Gasteiger partial charge in [0.15, 0.2) is 0 Å². The number of aryl methyl sites for hydroxylation is 1. The summed E-state index contributed by atoms with van der Waals surface area (Å²) in [6.07, 6.45) is 1.64. The number of hydrogen-bond acceptors (Lipinski definition) is 5. The van der Waals surface area contributed by atoms with Crippen LogP contribution in [0.3, 0.4) is 0 Å². The van der Waals surface area contributed by atoms with Crippen LogP contribution in [0.1, 0.15) is 47.5 Å². The van der Waals surface area contributed by atoms with Crippen LogP contribution in [0.15, 0.2) is 84.2 Å². The summed E-state index contributed by atoms with van der Waals surface area (Å²) < 4.78 is 5.89. The highest BCUT2D eigenvalue weighted by Gasteiger charge is 2.14. The lowest BCUT2D eigenvalue weighted by atomic mass is 10.1. The predicted octanol–water partition coefficient (Wildman–Crippen LogP) is 6.65. The van der Waals surface area contributed by atoms with Crippen LogP contribution in [0, 0.1) is 0 Å². The Balaban J connectivity index is 1.26. The number of aromatic nitrogens is 1. The van der Waals surface area contributed by atoms with Crippen LogP contribution >= 0.6 is 11.3 Å². The minimum Gasteiger partial charge on any atom is -0.489 e. The van der Waals surface area contributed by atoms with Crippen molar-refractivity contribution in [3.8, 4) is 17.0 Å². The maximum Gasteiger partial charge on any atom is 0.303 e. The standard InChI is InChI=1S/C29H30N2O3S/c1-2-26(29-31-27(20-35-29)24-6-4-3-5-7-24)30-18-22-8-10-23(11-9-22)19-34-25-15-12-21(13-16-25)14-17-28(32)33/h3-13,15-16,20,26,30H,2,14,17-19H2,1H3,(H,32,33). The van der Waals surface area contributed by atoms with E-state index in [9.17, 15) is 4.79 Å². The van der Waals surface area contributed by atoms with E-state index in [2.05, 4.69) is 54.0 Å². The van der Waals surface area contributed by atoms with Crippen LogP contribution in [0.4, 0.5) is 0 Å². The first-order chi connectivity index (χ1) is 17.1. The quantitative estimate of drug-likeness (QED) is 0.235. The zero-order chi connectivity index (χ0) is 24.5. The summed E-state index contributed by atoms with van der Waals surface area (Å²) in [4.78, 5) is 15.6. The van der Waals surface area contributed by atoms with E-state index in [0.717, 1.165) is 46.1 Å². The number of aliphatic carboxylic acids is 1. The van der Waals surface area contributed by atoms with Gasteiger partial charge in [-0.3, -0.25) is 4.79 Å². The smallest absolute Gasteiger partial charge is 0.303 e. The number of thiazole rings is 1. The Kier molecular flexibility index (Phi) is 8.65. The summed E-state index contributed by atoms with van der Waals surface area (Å²) >= 11 is 1.71. The number of rotatable bonds is 12. The summed E-state index contributed by atoms with van der Waals surface area (Å²) in [5.74, 6) is -0.00602. The average Bonchev–Trinajstić information content (AvgIpc) is 3.39. The number of nitrogens with one attached hydrogen (secondary N) is 1. The highest BCUT2D eigenvalue weighted by Crippen LogP contribution is 2.27. The predicted molar refractivity (Wildman–Crippen MR) is 141 cm³/mol. The van der Waals surface area contributed by atoms with E-state index in [1.807, 2.05) is 42.5 Å². The number of ether oxygens (including phenoxy) is 1. The molecule has 0 radical (unpaired) electrons. The summed E-state index contributed by atoms with van der Waals surface area (Å²) in [5.41, 5.74) is 5.50. The molecule has 6 heteroatoms. The Bertz CT molecular complexity index is 1200. The van der Waals surface area contributed by atoms with Crippen LogP contribution in [0.5, 0.6) is 5.75 Å². The fourth-order valence-electron chi connectivity index (χ4n) is 3.76. The Morgan fingerprint density at radius 3 is 2.34 bits per heavy atom. The van der Waals surface area contributed by atoms with E-state index < -0.39 is 5.97 Å². The minimum atomic E-state index is -0.783. The second kappa shape index (κ2) is 12.3.